The van der Waals surface area contributed by atoms with Gasteiger partial charge in [-0.3, -0.25) is 4.79 Å². The molecule has 1 atom stereocenters. The van der Waals surface area contributed by atoms with E-state index in [0.717, 1.165) is 22.9 Å². The Hall–Kier alpha value is -2.14. The van der Waals surface area contributed by atoms with Gasteiger partial charge in [-0.1, -0.05) is 23.8 Å². The molecule has 0 saturated carbocycles. The molecule has 1 unspecified atom stereocenters. The predicted molar refractivity (Wildman–Crippen MR) is 91.3 cm³/mol. The second-order valence-corrected chi connectivity index (χ2v) is 7.87. The number of rotatable bonds is 4. The molecule has 0 aliphatic carbocycles. The van der Waals surface area contributed by atoms with E-state index in [0.29, 0.717) is 5.56 Å². The Morgan fingerprint density at radius 3 is 2.22 bits per heavy atom. The average Bonchev–Trinajstić information content (AvgIpc) is 2.48. The molecule has 0 aromatic heterocycles. The summed E-state index contributed by atoms with van der Waals surface area (Å²) in [4.78, 5) is 12.5. The van der Waals surface area contributed by atoms with E-state index in [-0.39, 0.29) is 16.8 Å². The molecule has 2 aromatic carbocycles. The second-order valence-electron chi connectivity index (χ2n) is 5.85. The highest BCUT2D eigenvalue weighted by Gasteiger charge is 2.14. The molecule has 4 nitrogen and oxygen atoms in total. The molecule has 0 aliphatic rings. The van der Waals surface area contributed by atoms with Crippen LogP contribution in [-0.4, -0.2) is 20.6 Å². The fourth-order valence-corrected chi connectivity index (χ4v) is 3.07. The van der Waals surface area contributed by atoms with E-state index in [1.165, 1.54) is 24.3 Å². The molecule has 122 valence electrons. The van der Waals surface area contributed by atoms with E-state index >= 15 is 0 Å². The maximum atomic E-state index is 12.3. The molecule has 0 bridgehead atoms. The molecule has 0 spiro atoms. The number of carbonyl (C=O) groups is 1. The fraction of sp³-hybridized carbons (Fsp3) is 0.278. The van der Waals surface area contributed by atoms with Crippen molar-refractivity contribution in [3.63, 3.8) is 0 Å². The highest BCUT2D eigenvalue weighted by atomic mass is 32.2. The highest BCUT2D eigenvalue weighted by Crippen LogP contribution is 2.19. The Kier molecular flexibility index (Phi) is 4.90. The Morgan fingerprint density at radius 1 is 1.04 bits per heavy atom. The minimum atomic E-state index is -3.25. The molecule has 23 heavy (non-hydrogen) atoms. The lowest BCUT2D eigenvalue weighted by Crippen LogP contribution is -2.27. The quantitative estimate of drug-likeness (QED) is 0.936. The number of nitrogens with one attached hydrogen (secondary N) is 1. The van der Waals surface area contributed by atoms with E-state index in [1.807, 2.05) is 32.9 Å². The van der Waals surface area contributed by atoms with Gasteiger partial charge in [0.2, 0.25) is 0 Å². The number of aryl methyl sites for hydroxylation is 2. The minimum Gasteiger partial charge on any atom is -0.346 e. The second kappa shape index (κ2) is 6.54. The lowest BCUT2D eigenvalue weighted by molar-refractivity contribution is 0.0939. The third-order valence-corrected chi connectivity index (χ3v) is 4.92. The summed E-state index contributed by atoms with van der Waals surface area (Å²) >= 11 is 0. The van der Waals surface area contributed by atoms with Crippen LogP contribution in [0.5, 0.6) is 0 Å². The summed E-state index contributed by atoms with van der Waals surface area (Å²) in [6.07, 6.45) is 1.14. The monoisotopic (exact) mass is 331 g/mol. The van der Waals surface area contributed by atoms with Gasteiger partial charge in [-0.2, -0.15) is 0 Å². The highest BCUT2D eigenvalue weighted by molar-refractivity contribution is 7.90. The molecule has 0 saturated heterocycles. The van der Waals surface area contributed by atoms with Gasteiger partial charge in [0.15, 0.2) is 9.84 Å². The van der Waals surface area contributed by atoms with Crippen LogP contribution in [0, 0.1) is 13.8 Å². The first-order chi connectivity index (χ1) is 10.7. The van der Waals surface area contributed by atoms with Crippen molar-refractivity contribution in [2.45, 2.75) is 31.7 Å². The van der Waals surface area contributed by atoms with Crippen molar-refractivity contribution >= 4 is 15.7 Å². The van der Waals surface area contributed by atoms with Crippen molar-refractivity contribution in [2.75, 3.05) is 6.26 Å². The minimum absolute atomic E-state index is 0.128. The van der Waals surface area contributed by atoms with Gasteiger partial charge in [-0.15, -0.1) is 0 Å². The van der Waals surface area contributed by atoms with E-state index in [4.69, 9.17) is 0 Å². The van der Waals surface area contributed by atoms with Gasteiger partial charge in [0, 0.05) is 11.8 Å². The van der Waals surface area contributed by atoms with Crippen LogP contribution in [0.25, 0.3) is 0 Å². The molecule has 0 heterocycles. The van der Waals surface area contributed by atoms with Crippen LogP contribution < -0.4 is 5.32 Å². The first-order valence-corrected chi connectivity index (χ1v) is 9.26. The normalized spacial score (nSPS) is 12.7. The van der Waals surface area contributed by atoms with Gasteiger partial charge in [-0.05, 0) is 56.2 Å². The summed E-state index contributed by atoms with van der Waals surface area (Å²) in [5, 5.41) is 2.95. The number of hydrogen-bond donors (Lipinski definition) is 1. The van der Waals surface area contributed by atoms with Crippen LogP contribution in [-0.2, 0) is 9.84 Å². The Bertz CT molecular complexity index is 824. The molecule has 5 heteroatoms. The van der Waals surface area contributed by atoms with Crippen LogP contribution in [0.1, 0.15) is 40.0 Å². The molecule has 0 fully saturated rings. The van der Waals surface area contributed by atoms with Crippen LogP contribution in [0.4, 0.5) is 0 Å². The van der Waals surface area contributed by atoms with Gasteiger partial charge in [0.05, 0.1) is 10.9 Å². The molecular formula is C18H21NO3S. The lowest BCUT2D eigenvalue weighted by atomic mass is 10.00. The number of benzene rings is 2. The summed E-state index contributed by atoms with van der Waals surface area (Å²) in [5.74, 6) is -0.224. The lowest BCUT2D eigenvalue weighted by Gasteiger charge is -2.17. The van der Waals surface area contributed by atoms with Crippen LogP contribution in [0.3, 0.4) is 0 Å². The molecule has 2 aromatic rings. The van der Waals surface area contributed by atoms with Crippen LogP contribution in [0.2, 0.25) is 0 Å². The van der Waals surface area contributed by atoms with Crippen molar-refractivity contribution in [2.24, 2.45) is 0 Å². The SMILES string of the molecule is Cc1ccc(C)c(C(C)NC(=O)c2ccc(S(C)(=O)=O)cc2)c1. The fourth-order valence-electron chi connectivity index (χ4n) is 2.44. The van der Waals surface area contributed by atoms with Crippen molar-refractivity contribution in [1.82, 2.24) is 5.32 Å². The Balaban J connectivity index is 2.17. The molecular weight excluding hydrogens is 310 g/mol. The zero-order valence-electron chi connectivity index (χ0n) is 13.8. The summed E-state index contributed by atoms with van der Waals surface area (Å²) in [5.41, 5.74) is 3.78. The zero-order chi connectivity index (χ0) is 17.2. The third kappa shape index (κ3) is 4.20. The van der Waals surface area contributed by atoms with E-state index in [9.17, 15) is 13.2 Å². The first-order valence-electron chi connectivity index (χ1n) is 7.36. The summed E-state index contributed by atoms with van der Waals surface area (Å²) in [7, 11) is -3.25. The first kappa shape index (κ1) is 17.2. The van der Waals surface area contributed by atoms with Gasteiger partial charge in [-0.25, -0.2) is 8.42 Å². The molecule has 1 amide bonds. The number of amides is 1. The maximum Gasteiger partial charge on any atom is 0.251 e. The standard InChI is InChI=1S/C18H21NO3S/c1-12-5-6-13(2)17(11-12)14(3)19-18(20)15-7-9-16(10-8-15)23(4,21)22/h5-11,14H,1-4H3,(H,19,20). The largest absolute Gasteiger partial charge is 0.346 e. The topological polar surface area (TPSA) is 63.2 Å². The molecule has 1 N–H and O–H groups in total. The van der Waals surface area contributed by atoms with Gasteiger partial charge < -0.3 is 5.32 Å². The smallest absolute Gasteiger partial charge is 0.251 e. The van der Waals surface area contributed by atoms with Crippen molar-refractivity contribution in [1.29, 1.82) is 0 Å². The van der Waals surface area contributed by atoms with E-state index in [2.05, 4.69) is 11.4 Å². The third-order valence-electron chi connectivity index (χ3n) is 3.79. The number of sulfone groups is 1. The van der Waals surface area contributed by atoms with Gasteiger partial charge >= 0.3 is 0 Å². The van der Waals surface area contributed by atoms with E-state index in [1.54, 1.807) is 0 Å². The van der Waals surface area contributed by atoms with Crippen LogP contribution >= 0.6 is 0 Å². The number of carbonyl (C=O) groups excluding carboxylic acids is 1. The summed E-state index contributed by atoms with van der Waals surface area (Å²) < 4.78 is 22.9. The molecule has 0 aliphatic heterocycles. The van der Waals surface area contributed by atoms with Crippen molar-refractivity contribution < 1.29 is 13.2 Å². The zero-order valence-corrected chi connectivity index (χ0v) is 14.6. The number of hydrogen-bond acceptors (Lipinski definition) is 3. The summed E-state index contributed by atoms with van der Waals surface area (Å²) in [6.45, 7) is 5.96. The van der Waals surface area contributed by atoms with Gasteiger partial charge in [0.25, 0.3) is 5.91 Å². The average molecular weight is 331 g/mol. The summed E-state index contributed by atoms with van der Waals surface area (Å²) in [6, 6.07) is 12.0. The predicted octanol–water partition coefficient (Wildman–Crippen LogP) is 3.20. The van der Waals surface area contributed by atoms with Crippen molar-refractivity contribution in [3.05, 3.63) is 64.7 Å². The molecule has 0 radical (unpaired) electrons. The van der Waals surface area contributed by atoms with Crippen molar-refractivity contribution in [3.8, 4) is 0 Å². The maximum absolute atomic E-state index is 12.3. The Morgan fingerprint density at radius 2 is 1.65 bits per heavy atom. The van der Waals surface area contributed by atoms with E-state index < -0.39 is 9.84 Å². The molecule has 2 rings (SSSR count). The van der Waals surface area contributed by atoms with Crippen LogP contribution in [0.15, 0.2) is 47.4 Å². The Labute approximate surface area is 137 Å². The van der Waals surface area contributed by atoms with Gasteiger partial charge in [0.1, 0.15) is 0 Å².